The number of likely N-dealkylation sites (tertiary alicyclic amines) is 1. The average molecular weight is 274 g/mol. The van der Waals surface area contributed by atoms with Gasteiger partial charge in [-0.05, 0) is 23.5 Å². The minimum absolute atomic E-state index is 0.109. The second-order valence-corrected chi connectivity index (χ2v) is 5.84. The number of rotatable bonds is 5. The van der Waals surface area contributed by atoms with Gasteiger partial charge in [-0.2, -0.15) is 0 Å². The van der Waals surface area contributed by atoms with Crippen LogP contribution in [0.3, 0.4) is 0 Å². The van der Waals surface area contributed by atoms with Crippen molar-refractivity contribution in [2.75, 3.05) is 6.54 Å². The van der Waals surface area contributed by atoms with E-state index >= 15 is 0 Å². The van der Waals surface area contributed by atoms with Crippen LogP contribution in [0.1, 0.15) is 43.9 Å². The summed E-state index contributed by atoms with van der Waals surface area (Å²) in [7, 11) is 0. The molecule has 1 aliphatic heterocycles. The molecule has 0 aromatic heterocycles. The highest BCUT2D eigenvalue weighted by Gasteiger charge is 2.30. The highest BCUT2D eigenvalue weighted by molar-refractivity contribution is 6.01. The van der Waals surface area contributed by atoms with Crippen molar-refractivity contribution in [2.24, 2.45) is 11.7 Å². The molecule has 4 heteroatoms. The molecule has 1 aliphatic rings. The van der Waals surface area contributed by atoms with Gasteiger partial charge in [0, 0.05) is 25.4 Å². The van der Waals surface area contributed by atoms with E-state index in [-0.39, 0.29) is 24.4 Å². The van der Waals surface area contributed by atoms with E-state index in [0.717, 1.165) is 12.0 Å². The molecule has 0 aliphatic carbocycles. The molecule has 108 valence electrons. The van der Waals surface area contributed by atoms with Crippen LogP contribution in [0.2, 0.25) is 0 Å². The molecule has 0 saturated carbocycles. The Balaban J connectivity index is 2.00. The van der Waals surface area contributed by atoms with Crippen LogP contribution in [0.4, 0.5) is 0 Å². The molecule has 0 bridgehead atoms. The average Bonchev–Trinajstić information content (AvgIpc) is 2.70. The molecule has 1 heterocycles. The number of amides is 2. The number of carbonyl (C=O) groups excluding carboxylic acids is 2. The smallest absolute Gasteiger partial charge is 0.229 e. The monoisotopic (exact) mass is 274 g/mol. The van der Waals surface area contributed by atoms with Crippen LogP contribution in [-0.2, 0) is 16.0 Å². The molecule has 4 nitrogen and oxygen atoms in total. The van der Waals surface area contributed by atoms with Gasteiger partial charge in [0.25, 0.3) is 0 Å². The summed E-state index contributed by atoms with van der Waals surface area (Å²) in [6.07, 6.45) is 1.68. The largest absolute Gasteiger partial charge is 0.322 e. The zero-order valence-electron chi connectivity index (χ0n) is 12.1. The molecule has 0 spiro atoms. The number of hydrogen-bond acceptors (Lipinski definition) is 3. The molecule has 1 aromatic carbocycles. The van der Waals surface area contributed by atoms with Crippen LogP contribution >= 0.6 is 0 Å². The van der Waals surface area contributed by atoms with Crippen LogP contribution in [0.5, 0.6) is 0 Å². The first-order valence-corrected chi connectivity index (χ1v) is 7.15. The Morgan fingerprint density at radius 2 is 1.65 bits per heavy atom. The SMILES string of the molecule is CC(C)Cc1ccc(C(N)CN2C(=O)CCC2=O)cc1. The molecule has 1 atom stereocenters. The second kappa shape index (κ2) is 6.18. The Morgan fingerprint density at radius 3 is 2.15 bits per heavy atom. The van der Waals surface area contributed by atoms with Crippen molar-refractivity contribution in [3.05, 3.63) is 35.4 Å². The fourth-order valence-electron chi connectivity index (χ4n) is 2.50. The molecule has 2 N–H and O–H groups in total. The number of nitrogens with zero attached hydrogens (tertiary/aromatic N) is 1. The zero-order valence-corrected chi connectivity index (χ0v) is 12.1. The molecular formula is C16H22N2O2. The Bertz CT molecular complexity index is 478. The molecule has 0 radical (unpaired) electrons. The third-order valence-electron chi connectivity index (χ3n) is 3.59. The molecule has 2 rings (SSSR count). The maximum Gasteiger partial charge on any atom is 0.229 e. The fourth-order valence-corrected chi connectivity index (χ4v) is 2.50. The summed E-state index contributed by atoms with van der Waals surface area (Å²) in [4.78, 5) is 24.4. The maximum absolute atomic E-state index is 11.6. The first kappa shape index (κ1) is 14.7. The molecule has 1 unspecified atom stereocenters. The molecule has 1 saturated heterocycles. The first-order valence-electron chi connectivity index (χ1n) is 7.15. The molecule has 1 fully saturated rings. The van der Waals surface area contributed by atoms with Crippen LogP contribution in [0.15, 0.2) is 24.3 Å². The summed E-state index contributed by atoms with van der Waals surface area (Å²) in [5.74, 6) is 0.401. The first-order chi connectivity index (χ1) is 9.47. The van der Waals surface area contributed by atoms with Gasteiger partial charge in [-0.1, -0.05) is 38.1 Å². The maximum atomic E-state index is 11.6. The topological polar surface area (TPSA) is 63.4 Å². The zero-order chi connectivity index (χ0) is 14.7. The molecule has 20 heavy (non-hydrogen) atoms. The van der Waals surface area contributed by atoms with E-state index in [2.05, 4.69) is 26.0 Å². The van der Waals surface area contributed by atoms with Gasteiger partial charge < -0.3 is 5.73 Å². The second-order valence-electron chi connectivity index (χ2n) is 5.84. The lowest BCUT2D eigenvalue weighted by Gasteiger charge is -2.19. The number of imide groups is 1. The van der Waals surface area contributed by atoms with Crippen molar-refractivity contribution in [1.82, 2.24) is 4.90 Å². The van der Waals surface area contributed by atoms with Crippen LogP contribution in [-0.4, -0.2) is 23.3 Å². The number of hydrogen-bond donors (Lipinski definition) is 1. The summed E-state index contributed by atoms with van der Waals surface area (Å²) in [5.41, 5.74) is 8.35. The predicted octanol–water partition coefficient (Wildman–Crippen LogP) is 2.03. The lowest BCUT2D eigenvalue weighted by atomic mass is 9.99. The summed E-state index contributed by atoms with van der Waals surface area (Å²) >= 11 is 0. The van der Waals surface area contributed by atoms with Crippen molar-refractivity contribution < 1.29 is 9.59 Å². The van der Waals surface area contributed by atoms with E-state index in [9.17, 15) is 9.59 Å². The van der Waals surface area contributed by atoms with Gasteiger partial charge in [-0.15, -0.1) is 0 Å². The van der Waals surface area contributed by atoms with E-state index in [1.54, 1.807) is 0 Å². The summed E-state index contributed by atoms with van der Waals surface area (Å²) in [6, 6.07) is 7.82. The highest BCUT2D eigenvalue weighted by Crippen LogP contribution is 2.19. The Hall–Kier alpha value is -1.68. The minimum Gasteiger partial charge on any atom is -0.322 e. The summed E-state index contributed by atoms with van der Waals surface area (Å²) < 4.78 is 0. The summed E-state index contributed by atoms with van der Waals surface area (Å²) in [5, 5.41) is 0. The van der Waals surface area contributed by atoms with Gasteiger partial charge in [-0.3, -0.25) is 14.5 Å². The quantitative estimate of drug-likeness (QED) is 0.836. The van der Waals surface area contributed by atoms with Gasteiger partial charge in [-0.25, -0.2) is 0 Å². The molecular weight excluding hydrogens is 252 g/mol. The highest BCUT2D eigenvalue weighted by atomic mass is 16.2. The van der Waals surface area contributed by atoms with Crippen LogP contribution < -0.4 is 5.73 Å². The van der Waals surface area contributed by atoms with Crippen molar-refractivity contribution >= 4 is 11.8 Å². The Kier molecular flexibility index (Phi) is 4.55. The predicted molar refractivity (Wildman–Crippen MR) is 77.9 cm³/mol. The van der Waals surface area contributed by atoms with Crippen LogP contribution in [0, 0.1) is 5.92 Å². The third-order valence-corrected chi connectivity index (χ3v) is 3.59. The number of carbonyl (C=O) groups is 2. The van der Waals surface area contributed by atoms with Crippen molar-refractivity contribution in [2.45, 2.75) is 39.2 Å². The molecule has 1 aromatic rings. The van der Waals surface area contributed by atoms with Crippen LogP contribution in [0.25, 0.3) is 0 Å². The van der Waals surface area contributed by atoms with Gasteiger partial charge in [0.15, 0.2) is 0 Å². The van der Waals surface area contributed by atoms with Crippen molar-refractivity contribution in [3.63, 3.8) is 0 Å². The van der Waals surface area contributed by atoms with E-state index < -0.39 is 0 Å². The van der Waals surface area contributed by atoms with Crippen molar-refractivity contribution in [1.29, 1.82) is 0 Å². The minimum atomic E-state index is -0.311. The lowest BCUT2D eigenvalue weighted by Crippen LogP contribution is -2.36. The summed E-state index contributed by atoms with van der Waals surface area (Å²) in [6.45, 7) is 4.65. The van der Waals surface area contributed by atoms with E-state index in [0.29, 0.717) is 18.8 Å². The number of benzene rings is 1. The lowest BCUT2D eigenvalue weighted by molar-refractivity contribution is -0.138. The van der Waals surface area contributed by atoms with Gasteiger partial charge in [0.2, 0.25) is 11.8 Å². The third kappa shape index (κ3) is 3.45. The van der Waals surface area contributed by atoms with Crippen molar-refractivity contribution in [3.8, 4) is 0 Å². The standard InChI is InChI=1S/C16H22N2O2/c1-11(2)9-12-3-5-13(6-4-12)14(17)10-18-15(19)7-8-16(18)20/h3-6,11,14H,7-10,17H2,1-2H3. The Morgan fingerprint density at radius 1 is 1.10 bits per heavy atom. The van der Waals surface area contributed by atoms with Gasteiger partial charge in [0.05, 0.1) is 0 Å². The van der Waals surface area contributed by atoms with E-state index in [1.807, 2.05) is 12.1 Å². The van der Waals surface area contributed by atoms with Gasteiger partial charge >= 0.3 is 0 Å². The van der Waals surface area contributed by atoms with Gasteiger partial charge in [0.1, 0.15) is 0 Å². The molecule has 2 amide bonds. The normalized spacial score (nSPS) is 17.1. The van der Waals surface area contributed by atoms with E-state index in [4.69, 9.17) is 5.73 Å². The Labute approximate surface area is 119 Å². The number of nitrogens with two attached hydrogens (primary N) is 1. The van der Waals surface area contributed by atoms with E-state index in [1.165, 1.54) is 10.5 Å². The fraction of sp³-hybridized carbons (Fsp3) is 0.500.